The first-order chi connectivity index (χ1) is 14.5. The smallest absolute Gasteiger partial charge is 0.137 e. The fraction of sp³-hybridized carbons (Fsp3) is 0.520. The van der Waals surface area contributed by atoms with E-state index in [9.17, 15) is 5.11 Å². The summed E-state index contributed by atoms with van der Waals surface area (Å²) in [6, 6.07) is 14.3. The van der Waals surface area contributed by atoms with Crippen LogP contribution >= 0.6 is 11.6 Å². The van der Waals surface area contributed by atoms with E-state index < -0.39 is 5.60 Å². The average Bonchev–Trinajstić information content (AvgIpc) is 2.90. The van der Waals surface area contributed by atoms with Crippen molar-refractivity contribution in [1.82, 2.24) is 4.90 Å². The summed E-state index contributed by atoms with van der Waals surface area (Å²) in [6.07, 6.45) is 4.58. The summed E-state index contributed by atoms with van der Waals surface area (Å²) in [6.45, 7) is 2.53. The molecule has 1 aliphatic carbocycles. The predicted molar refractivity (Wildman–Crippen MR) is 123 cm³/mol. The van der Waals surface area contributed by atoms with Crippen molar-refractivity contribution in [2.75, 3.05) is 41.0 Å². The van der Waals surface area contributed by atoms with Crippen LogP contribution in [0, 0.1) is 0 Å². The molecule has 30 heavy (non-hydrogen) atoms. The average molecular weight is 432 g/mol. The Morgan fingerprint density at radius 3 is 2.73 bits per heavy atom. The number of halogens is 1. The molecule has 2 aromatic carbocycles. The van der Waals surface area contributed by atoms with Crippen molar-refractivity contribution in [3.63, 3.8) is 0 Å². The number of likely N-dealkylation sites (N-methyl/N-ethyl adjacent to an activating group) is 1. The van der Waals surface area contributed by atoms with Gasteiger partial charge in [-0.05, 0) is 74.5 Å². The molecule has 0 fully saturated rings. The van der Waals surface area contributed by atoms with Gasteiger partial charge in [-0.1, -0.05) is 41.9 Å². The van der Waals surface area contributed by atoms with Crippen LogP contribution in [-0.2, 0) is 16.8 Å². The summed E-state index contributed by atoms with van der Waals surface area (Å²) in [5.74, 6) is 0.657. The van der Waals surface area contributed by atoms with E-state index in [0.29, 0.717) is 17.2 Å². The van der Waals surface area contributed by atoms with Crippen molar-refractivity contribution >= 4 is 11.6 Å². The van der Waals surface area contributed by atoms with Crippen LogP contribution in [0.4, 0.5) is 0 Å². The second kappa shape index (κ2) is 10.6. The zero-order valence-electron chi connectivity index (χ0n) is 18.4. The van der Waals surface area contributed by atoms with E-state index in [0.717, 1.165) is 56.5 Å². The van der Waals surface area contributed by atoms with E-state index >= 15 is 0 Å². The van der Waals surface area contributed by atoms with Gasteiger partial charge >= 0.3 is 0 Å². The summed E-state index contributed by atoms with van der Waals surface area (Å²) in [5.41, 5.74) is 2.49. The van der Waals surface area contributed by atoms with Gasteiger partial charge in [0.2, 0.25) is 0 Å². The molecular formula is C25H34ClNO3. The van der Waals surface area contributed by atoms with Crippen molar-refractivity contribution in [1.29, 1.82) is 0 Å². The topological polar surface area (TPSA) is 41.9 Å². The Morgan fingerprint density at radius 2 is 1.97 bits per heavy atom. The Labute approximate surface area is 185 Å². The first-order valence-electron chi connectivity index (χ1n) is 10.8. The Hall–Kier alpha value is -1.59. The number of benzene rings is 2. The van der Waals surface area contributed by atoms with E-state index in [-0.39, 0.29) is 5.92 Å². The van der Waals surface area contributed by atoms with Crippen LogP contribution in [0.5, 0.6) is 5.75 Å². The minimum atomic E-state index is -0.923. The largest absolute Gasteiger partial charge is 0.495 e. The fourth-order valence-corrected chi connectivity index (χ4v) is 4.90. The van der Waals surface area contributed by atoms with Gasteiger partial charge < -0.3 is 19.5 Å². The molecule has 0 saturated heterocycles. The Morgan fingerprint density at radius 1 is 1.17 bits per heavy atom. The van der Waals surface area contributed by atoms with Crippen LogP contribution in [0.15, 0.2) is 42.5 Å². The molecule has 0 aliphatic heterocycles. The number of hydrogen-bond donors (Lipinski definition) is 1. The second-order valence-electron chi connectivity index (χ2n) is 8.32. The number of aliphatic hydroxyl groups is 1. The van der Waals surface area contributed by atoms with Crippen molar-refractivity contribution in [3.05, 3.63) is 64.2 Å². The maximum absolute atomic E-state index is 12.2. The Kier molecular flexibility index (Phi) is 8.18. The van der Waals surface area contributed by atoms with Crippen LogP contribution in [0.25, 0.3) is 0 Å². The Balaban J connectivity index is 1.92. The molecule has 164 valence electrons. The van der Waals surface area contributed by atoms with Crippen LogP contribution in [0.3, 0.4) is 0 Å². The van der Waals surface area contributed by atoms with Gasteiger partial charge in [0.25, 0.3) is 0 Å². The molecule has 3 rings (SSSR count). The predicted octanol–water partition coefficient (Wildman–Crippen LogP) is 5.01. The standard InChI is InChI=1S/C25H34ClNO3/c1-27(16-17-29-2)15-7-14-25(28)21-10-5-4-8-19(21)9-6-11-22(25)20-12-13-23(26)24(18-20)30-3/h4-5,8,10,12-13,18,22,28H,6-7,9,11,14-17H2,1-3H3/t22-,25-/m1/s1. The molecule has 0 heterocycles. The van der Waals surface area contributed by atoms with Gasteiger partial charge in [-0.25, -0.2) is 0 Å². The Bertz CT molecular complexity index is 828. The molecule has 1 aliphatic rings. The molecule has 0 spiro atoms. The number of methoxy groups -OCH3 is 2. The molecule has 5 heteroatoms. The van der Waals surface area contributed by atoms with E-state index in [2.05, 4.69) is 30.1 Å². The molecule has 1 N–H and O–H groups in total. The van der Waals surface area contributed by atoms with Crippen LogP contribution in [0.1, 0.15) is 48.3 Å². The molecule has 0 bridgehead atoms. The number of rotatable bonds is 9. The third kappa shape index (κ3) is 5.17. The van der Waals surface area contributed by atoms with Crippen LogP contribution in [-0.4, -0.2) is 51.0 Å². The first-order valence-corrected chi connectivity index (χ1v) is 11.2. The third-order valence-corrected chi connectivity index (χ3v) is 6.66. The molecule has 0 saturated carbocycles. The van der Waals surface area contributed by atoms with E-state index in [1.54, 1.807) is 14.2 Å². The van der Waals surface area contributed by atoms with Crippen LogP contribution in [0.2, 0.25) is 5.02 Å². The first kappa shape index (κ1) is 23.1. The van der Waals surface area contributed by atoms with Crippen molar-refractivity contribution in [2.24, 2.45) is 0 Å². The van der Waals surface area contributed by atoms with Gasteiger partial charge in [-0.2, -0.15) is 0 Å². The van der Waals surface area contributed by atoms with E-state index in [4.69, 9.17) is 21.1 Å². The summed E-state index contributed by atoms with van der Waals surface area (Å²) in [5, 5.41) is 12.8. The highest BCUT2D eigenvalue weighted by Crippen LogP contribution is 2.48. The molecule has 0 aromatic heterocycles. The van der Waals surface area contributed by atoms with Gasteiger partial charge in [0.05, 0.1) is 24.3 Å². The number of fused-ring (bicyclic) bond motifs is 1. The van der Waals surface area contributed by atoms with Gasteiger partial charge in [0.1, 0.15) is 5.75 Å². The van der Waals surface area contributed by atoms with Gasteiger partial charge in [0.15, 0.2) is 0 Å². The molecule has 4 nitrogen and oxygen atoms in total. The molecule has 0 unspecified atom stereocenters. The zero-order chi connectivity index (χ0) is 21.6. The molecule has 2 atom stereocenters. The summed E-state index contributed by atoms with van der Waals surface area (Å²) in [7, 11) is 5.46. The highest BCUT2D eigenvalue weighted by atomic mass is 35.5. The normalized spacial score (nSPS) is 21.3. The van der Waals surface area contributed by atoms with Gasteiger partial charge in [0, 0.05) is 19.6 Å². The summed E-state index contributed by atoms with van der Waals surface area (Å²) < 4.78 is 10.6. The molecule has 0 radical (unpaired) electrons. The maximum Gasteiger partial charge on any atom is 0.137 e. The van der Waals surface area contributed by atoms with Crippen molar-refractivity contribution < 1.29 is 14.6 Å². The molecule has 0 amide bonds. The SMILES string of the molecule is COCCN(C)CCC[C@@]1(O)c2ccccc2CCC[C@@H]1c1ccc(Cl)c(OC)c1. The van der Waals surface area contributed by atoms with Crippen LogP contribution < -0.4 is 4.74 Å². The lowest BCUT2D eigenvalue weighted by atomic mass is 9.73. The highest BCUT2D eigenvalue weighted by molar-refractivity contribution is 6.32. The highest BCUT2D eigenvalue weighted by Gasteiger charge is 2.41. The molecular weight excluding hydrogens is 398 g/mol. The quantitative estimate of drug-likeness (QED) is 0.566. The monoisotopic (exact) mass is 431 g/mol. The van der Waals surface area contributed by atoms with Gasteiger partial charge in [-0.3, -0.25) is 0 Å². The number of nitrogens with zero attached hydrogens (tertiary/aromatic N) is 1. The third-order valence-electron chi connectivity index (χ3n) is 6.35. The van der Waals surface area contributed by atoms with Crippen molar-refractivity contribution in [3.8, 4) is 5.75 Å². The van der Waals surface area contributed by atoms with E-state index in [1.165, 1.54) is 5.56 Å². The lowest BCUT2D eigenvalue weighted by molar-refractivity contribution is -0.00675. The number of aryl methyl sites for hydroxylation is 1. The summed E-state index contributed by atoms with van der Waals surface area (Å²) in [4.78, 5) is 2.26. The number of hydrogen-bond acceptors (Lipinski definition) is 4. The maximum atomic E-state index is 12.2. The minimum Gasteiger partial charge on any atom is -0.495 e. The number of ether oxygens (including phenoxy) is 2. The van der Waals surface area contributed by atoms with Crippen molar-refractivity contribution in [2.45, 2.75) is 43.6 Å². The lowest BCUT2D eigenvalue weighted by Crippen LogP contribution is -2.35. The van der Waals surface area contributed by atoms with E-state index in [1.807, 2.05) is 24.3 Å². The zero-order valence-corrected chi connectivity index (χ0v) is 19.1. The second-order valence-corrected chi connectivity index (χ2v) is 8.73. The summed E-state index contributed by atoms with van der Waals surface area (Å²) >= 11 is 6.28. The minimum absolute atomic E-state index is 0.00315. The molecule has 2 aromatic rings. The fourth-order valence-electron chi connectivity index (χ4n) is 4.71. The lowest BCUT2D eigenvalue weighted by Gasteiger charge is -2.37. The van der Waals surface area contributed by atoms with Gasteiger partial charge in [-0.15, -0.1) is 0 Å².